The second-order valence-corrected chi connectivity index (χ2v) is 8.84. The number of halogens is 1. The third-order valence-corrected chi connectivity index (χ3v) is 5.30. The highest BCUT2D eigenvalue weighted by molar-refractivity contribution is 5.72. The second kappa shape index (κ2) is 7.28. The predicted molar refractivity (Wildman–Crippen MR) is 111 cm³/mol. The number of aromatic nitrogens is 6. The lowest BCUT2D eigenvalue weighted by Gasteiger charge is -2.48. The highest BCUT2D eigenvalue weighted by atomic mass is 19.1. The molecule has 4 N–H and O–H groups in total. The van der Waals surface area contributed by atoms with Crippen LogP contribution in [0.2, 0.25) is 0 Å². The smallest absolute Gasteiger partial charge is 0.243 e. The maximum Gasteiger partial charge on any atom is 0.243 e. The fourth-order valence-electron chi connectivity index (χ4n) is 4.15. The van der Waals surface area contributed by atoms with Gasteiger partial charge in [-0.15, -0.1) is 15.3 Å². The van der Waals surface area contributed by atoms with Crippen LogP contribution in [0.25, 0.3) is 22.5 Å². The van der Waals surface area contributed by atoms with E-state index in [2.05, 4.69) is 41.2 Å². The maximum absolute atomic E-state index is 15.0. The quantitative estimate of drug-likeness (QED) is 0.516. The summed E-state index contributed by atoms with van der Waals surface area (Å²) in [6.45, 7) is 7.79. The lowest BCUT2D eigenvalue weighted by molar-refractivity contribution is 0.0654. The van der Waals surface area contributed by atoms with E-state index in [0.29, 0.717) is 28.9 Å². The molecule has 4 rings (SSSR count). The SMILES string of the molecule is CC1(C)CC(Nc2ncc(-c3ccc(-c4c[nH]nn4)cc3O)nn2)[C@H](F)C(C)(C)N1. The van der Waals surface area contributed by atoms with Crippen LogP contribution in [0.1, 0.15) is 34.1 Å². The summed E-state index contributed by atoms with van der Waals surface area (Å²) in [5, 5.41) is 35.3. The molecular formula is C20H25FN8O. The zero-order valence-corrected chi connectivity index (χ0v) is 17.3. The van der Waals surface area contributed by atoms with Gasteiger partial charge in [0.1, 0.15) is 23.3 Å². The molecule has 2 aromatic heterocycles. The van der Waals surface area contributed by atoms with Crippen molar-refractivity contribution in [2.75, 3.05) is 5.32 Å². The highest BCUT2D eigenvalue weighted by Gasteiger charge is 2.46. The number of aromatic amines is 1. The Morgan fingerprint density at radius 3 is 2.57 bits per heavy atom. The fraction of sp³-hybridized carbons (Fsp3) is 0.450. The van der Waals surface area contributed by atoms with Crippen LogP contribution in [0.3, 0.4) is 0 Å². The molecule has 0 radical (unpaired) electrons. The fourth-order valence-corrected chi connectivity index (χ4v) is 4.15. The molecule has 3 heterocycles. The minimum absolute atomic E-state index is 0.0259. The normalized spacial score (nSPS) is 22.6. The molecular weight excluding hydrogens is 387 g/mol. The number of nitrogens with zero attached hydrogens (tertiary/aromatic N) is 5. The molecule has 0 saturated carbocycles. The number of piperidine rings is 1. The first-order valence-electron chi connectivity index (χ1n) is 9.74. The van der Waals surface area contributed by atoms with Crippen LogP contribution in [0.4, 0.5) is 10.3 Å². The number of aromatic hydroxyl groups is 1. The lowest BCUT2D eigenvalue weighted by Crippen LogP contribution is -2.67. The van der Waals surface area contributed by atoms with Gasteiger partial charge in [-0.25, -0.2) is 9.37 Å². The molecule has 1 unspecified atom stereocenters. The molecule has 0 spiro atoms. The number of rotatable bonds is 4. The van der Waals surface area contributed by atoms with E-state index < -0.39 is 17.8 Å². The molecule has 0 bridgehead atoms. The second-order valence-electron chi connectivity index (χ2n) is 8.84. The Balaban J connectivity index is 1.52. The average molecular weight is 412 g/mol. The Kier molecular flexibility index (Phi) is 4.89. The summed E-state index contributed by atoms with van der Waals surface area (Å²) in [7, 11) is 0. The Labute approximate surface area is 173 Å². The van der Waals surface area contributed by atoms with Gasteiger partial charge >= 0.3 is 0 Å². The van der Waals surface area contributed by atoms with Gasteiger partial charge in [-0.1, -0.05) is 11.3 Å². The molecule has 0 amide bonds. The molecule has 1 aliphatic heterocycles. The van der Waals surface area contributed by atoms with Crippen LogP contribution in [-0.2, 0) is 0 Å². The summed E-state index contributed by atoms with van der Waals surface area (Å²) in [4.78, 5) is 4.28. The molecule has 3 aromatic rings. The van der Waals surface area contributed by atoms with Crippen LogP contribution >= 0.6 is 0 Å². The highest BCUT2D eigenvalue weighted by Crippen LogP contribution is 2.33. The zero-order chi connectivity index (χ0) is 21.5. The van der Waals surface area contributed by atoms with Gasteiger partial charge in [-0.05, 0) is 46.2 Å². The molecule has 9 nitrogen and oxygen atoms in total. The molecule has 1 fully saturated rings. The topological polar surface area (TPSA) is 125 Å². The van der Waals surface area contributed by atoms with Gasteiger partial charge < -0.3 is 15.7 Å². The minimum Gasteiger partial charge on any atom is -0.507 e. The summed E-state index contributed by atoms with van der Waals surface area (Å²) in [6, 6.07) is 4.65. The van der Waals surface area contributed by atoms with Crippen LogP contribution in [0.15, 0.2) is 30.6 Å². The first kappa shape index (κ1) is 20.1. The monoisotopic (exact) mass is 412 g/mol. The number of anilines is 1. The summed E-state index contributed by atoms with van der Waals surface area (Å²) < 4.78 is 15.0. The van der Waals surface area contributed by atoms with Crippen molar-refractivity contribution in [3.8, 4) is 28.3 Å². The van der Waals surface area contributed by atoms with Crippen molar-refractivity contribution in [1.82, 2.24) is 35.9 Å². The number of hydrogen-bond acceptors (Lipinski definition) is 8. The third-order valence-electron chi connectivity index (χ3n) is 5.30. The van der Waals surface area contributed by atoms with Crippen LogP contribution in [0, 0.1) is 0 Å². The van der Waals surface area contributed by atoms with Crippen molar-refractivity contribution in [2.24, 2.45) is 0 Å². The van der Waals surface area contributed by atoms with Gasteiger partial charge in [0.2, 0.25) is 5.95 Å². The molecule has 1 aliphatic rings. The van der Waals surface area contributed by atoms with Gasteiger partial charge in [0.05, 0.1) is 12.2 Å². The van der Waals surface area contributed by atoms with E-state index in [4.69, 9.17) is 0 Å². The Morgan fingerprint density at radius 2 is 1.93 bits per heavy atom. The Bertz CT molecular complexity index is 1020. The van der Waals surface area contributed by atoms with E-state index >= 15 is 0 Å². The summed E-state index contributed by atoms with van der Waals surface area (Å²) in [5.41, 5.74) is 1.33. The molecule has 30 heavy (non-hydrogen) atoms. The van der Waals surface area contributed by atoms with E-state index in [1.165, 1.54) is 6.20 Å². The van der Waals surface area contributed by atoms with E-state index in [1.807, 2.05) is 27.7 Å². The number of phenolic OH excluding ortho intramolecular Hbond substituents is 1. The average Bonchev–Trinajstić information content (AvgIpc) is 3.20. The lowest BCUT2D eigenvalue weighted by atomic mass is 9.78. The van der Waals surface area contributed by atoms with Crippen molar-refractivity contribution < 1.29 is 9.50 Å². The maximum atomic E-state index is 15.0. The largest absolute Gasteiger partial charge is 0.507 e. The first-order valence-corrected chi connectivity index (χ1v) is 9.74. The molecule has 158 valence electrons. The van der Waals surface area contributed by atoms with Crippen molar-refractivity contribution in [1.29, 1.82) is 0 Å². The van der Waals surface area contributed by atoms with E-state index in [1.54, 1.807) is 24.4 Å². The van der Waals surface area contributed by atoms with Gasteiger partial charge in [0, 0.05) is 28.4 Å². The van der Waals surface area contributed by atoms with Gasteiger partial charge in [0.25, 0.3) is 0 Å². The minimum atomic E-state index is -1.12. The van der Waals surface area contributed by atoms with E-state index in [9.17, 15) is 9.50 Å². The van der Waals surface area contributed by atoms with Crippen LogP contribution in [-0.4, -0.2) is 59.0 Å². The summed E-state index contributed by atoms with van der Waals surface area (Å²) >= 11 is 0. The Morgan fingerprint density at radius 1 is 1.13 bits per heavy atom. The summed E-state index contributed by atoms with van der Waals surface area (Å²) in [5.74, 6) is 0.275. The molecule has 0 aliphatic carbocycles. The van der Waals surface area contributed by atoms with Crippen molar-refractivity contribution in [3.63, 3.8) is 0 Å². The summed E-state index contributed by atoms with van der Waals surface area (Å²) in [6.07, 6.45) is 2.59. The number of benzene rings is 1. The standard InChI is InChI=1S/C20H25FN8O/c1-19(2)8-13(17(21)20(3,4)28-19)24-18-22-9-15(25-27-18)12-6-5-11(7-16(12)30)14-10-23-29-26-14/h5-7,9-10,13,17,28,30H,8H2,1-4H3,(H,22,24,27)(H,23,26,29)/t13?,17-/m0/s1. The van der Waals surface area contributed by atoms with E-state index in [0.717, 1.165) is 0 Å². The zero-order valence-electron chi connectivity index (χ0n) is 17.3. The van der Waals surface area contributed by atoms with Gasteiger partial charge in [-0.3, -0.25) is 5.10 Å². The van der Waals surface area contributed by atoms with Gasteiger partial charge in [-0.2, -0.15) is 0 Å². The molecule has 10 heteroatoms. The van der Waals surface area contributed by atoms with Crippen LogP contribution in [0.5, 0.6) is 5.75 Å². The van der Waals surface area contributed by atoms with Gasteiger partial charge in [0.15, 0.2) is 0 Å². The van der Waals surface area contributed by atoms with Crippen LogP contribution < -0.4 is 10.6 Å². The molecule has 1 aromatic carbocycles. The number of nitrogens with one attached hydrogen (secondary N) is 3. The Hall–Kier alpha value is -3.14. The number of hydrogen-bond donors (Lipinski definition) is 4. The number of alkyl halides is 1. The molecule has 1 saturated heterocycles. The van der Waals surface area contributed by atoms with Crippen molar-refractivity contribution in [3.05, 3.63) is 30.6 Å². The predicted octanol–water partition coefficient (Wildman–Crippen LogP) is 2.70. The van der Waals surface area contributed by atoms with E-state index in [-0.39, 0.29) is 17.2 Å². The third kappa shape index (κ3) is 3.95. The first-order chi connectivity index (χ1) is 14.1. The van der Waals surface area contributed by atoms with Crippen molar-refractivity contribution in [2.45, 2.75) is 57.4 Å². The molecule has 2 atom stereocenters. The van der Waals surface area contributed by atoms with Crippen molar-refractivity contribution >= 4 is 5.95 Å². The number of phenols is 1. The number of H-pyrrole nitrogens is 1.